The van der Waals surface area contributed by atoms with Gasteiger partial charge in [-0.15, -0.1) is 0 Å². The van der Waals surface area contributed by atoms with Crippen molar-refractivity contribution in [3.8, 4) is 0 Å². The summed E-state index contributed by atoms with van der Waals surface area (Å²) < 4.78 is 4.88. The Hall–Kier alpha value is -0.570. The van der Waals surface area contributed by atoms with Crippen molar-refractivity contribution in [2.45, 2.75) is 44.1 Å². The molecule has 0 bridgehead atoms. The third kappa shape index (κ3) is 1.57. The first-order valence-electron chi connectivity index (χ1n) is 5.11. The number of carbonyl (C=O) groups excluding carboxylic acids is 1. The highest BCUT2D eigenvalue weighted by molar-refractivity contribution is 5.75. The maximum absolute atomic E-state index is 11.3. The van der Waals surface area contributed by atoms with Crippen LogP contribution in [0.2, 0.25) is 0 Å². The monoisotopic (exact) mass is 184 g/mol. The molecule has 1 aliphatic carbocycles. The van der Waals surface area contributed by atoms with Gasteiger partial charge in [0.15, 0.2) is 0 Å². The third-order valence-corrected chi connectivity index (χ3v) is 3.30. The van der Waals surface area contributed by atoms with Crippen LogP contribution in [-0.4, -0.2) is 23.3 Å². The van der Waals surface area contributed by atoms with Crippen LogP contribution in [0.15, 0.2) is 0 Å². The molecule has 1 saturated carbocycles. The quantitative estimate of drug-likeness (QED) is 0.624. The SMILES string of the molecule is O=C1OCCC1C1(O)CCCCC1. The Morgan fingerprint density at radius 3 is 2.54 bits per heavy atom. The molecule has 13 heavy (non-hydrogen) atoms. The van der Waals surface area contributed by atoms with Gasteiger partial charge in [-0.3, -0.25) is 4.79 Å². The standard InChI is InChI=1S/C10H16O3/c11-9-8(4-7-13-9)10(12)5-2-1-3-6-10/h8,12H,1-7H2. The van der Waals surface area contributed by atoms with E-state index in [9.17, 15) is 9.90 Å². The van der Waals surface area contributed by atoms with Crippen LogP contribution in [0.4, 0.5) is 0 Å². The molecule has 3 nitrogen and oxygen atoms in total. The molecule has 0 aromatic rings. The zero-order valence-electron chi connectivity index (χ0n) is 7.79. The van der Waals surface area contributed by atoms with Crippen molar-refractivity contribution < 1.29 is 14.6 Å². The van der Waals surface area contributed by atoms with Gasteiger partial charge in [-0.05, 0) is 19.3 Å². The molecule has 2 aliphatic rings. The van der Waals surface area contributed by atoms with E-state index >= 15 is 0 Å². The molecule has 1 aliphatic heterocycles. The van der Waals surface area contributed by atoms with E-state index in [1.807, 2.05) is 0 Å². The van der Waals surface area contributed by atoms with Crippen LogP contribution in [0.3, 0.4) is 0 Å². The average Bonchev–Trinajstić information content (AvgIpc) is 2.53. The number of carbonyl (C=O) groups is 1. The van der Waals surface area contributed by atoms with Crippen molar-refractivity contribution >= 4 is 5.97 Å². The van der Waals surface area contributed by atoms with Crippen molar-refractivity contribution in [2.75, 3.05) is 6.61 Å². The third-order valence-electron chi connectivity index (χ3n) is 3.30. The summed E-state index contributed by atoms with van der Waals surface area (Å²) in [6.07, 6.45) is 5.51. The van der Waals surface area contributed by atoms with E-state index in [1.54, 1.807) is 0 Å². The summed E-state index contributed by atoms with van der Waals surface area (Å²) in [4.78, 5) is 11.3. The van der Waals surface area contributed by atoms with Gasteiger partial charge in [0.2, 0.25) is 0 Å². The van der Waals surface area contributed by atoms with Gasteiger partial charge in [0.1, 0.15) is 0 Å². The second-order valence-electron chi connectivity index (χ2n) is 4.17. The summed E-state index contributed by atoms with van der Waals surface area (Å²) in [7, 11) is 0. The Labute approximate surface area is 78.1 Å². The minimum absolute atomic E-state index is 0.190. The molecule has 0 radical (unpaired) electrons. The molecule has 0 aromatic carbocycles. The number of hydrogen-bond donors (Lipinski definition) is 1. The maximum atomic E-state index is 11.3. The summed E-state index contributed by atoms with van der Waals surface area (Å²) in [6, 6.07) is 0. The lowest BCUT2D eigenvalue weighted by atomic mass is 9.75. The average molecular weight is 184 g/mol. The molecule has 2 fully saturated rings. The minimum Gasteiger partial charge on any atom is -0.465 e. The Bertz CT molecular complexity index is 206. The molecule has 1 saturated heterocycles. The van der Waals surface area contributed by atoms with Crippen LogP contribution < -0.4 is 0 Å². The molecule has 74 valence electrons. The molecular formula is C10H16O3. The van der Waals surface area contributed by atoms with E-state index < -0.39 is 5.60 Å². The van der Waals surface area contributed by atoms with Crippen LogP contribution in [0.25, 0.3) is 0 Å². The molecule has 1 unspecified atom stereocenters. The molecule has 0 spiro atoms. The Morgan fingerprint density at radius 2 is 2.00 bits per heavy atom. The summed E-state index contributed by atoms with van der Waals surface area (Å²) in [6.45, 7) is 0.492. The predicted molar refractivity (Wildman–Crippen MR) is 47.1 cm³/mol. The lowest BCUT2D eigenvalue weighted by Gasteiger charge is -2.35. The second kappa shape index (κ2) is 3.29. The van der Waals surface area contributed by atoms with Crippen molar-refractivity contribution in [1.29, 1.82) is 0 Å². The van der Waals surface area contributed by atoms with Gasteiger partial charge in [0.05, 0.1) is 18.1 Å². The first-order chi connectivity index (χ1) is 6.22. The molecule has 3 heteroatoms. The maximum Gasteiger partial charge on any atom is 0.311 e. The number of rotatable bonds is 1. The number of hydrogen-bond acceptors (Lipinski definition) is 3. The Balaban J connectivity index is 2.07. The van der Waals surface area contributed by atoms with E-state index in [0.29, 0.717) is 13.0 Å². The van der Waals surface area contributed by atoms with Gasteiger partial charge in [0, 0.05) is 0 Å². The minimum atomic E-state index is -0.744. The first kappa shape index (κ1) is 9.00. The van der Waals surface area contributed by atoms with Crippen LogP contribution in [0.1, 0.15) is 38.5 Å². The van der Waals surface area contributed by atoms with Gasteiger partial charge < -0.3 is 9.84 Å². The molecule has 2 rings (SSSR count). The van der Waals surface area contributed by atoms with E-state index in [0.717, 1.165) is 25.7 Å². The summed E-state index contributed by atoms with van der Waals surface area (Å²) in [5.41, 5.74) is -0.744. The van der Waals surface area contributed by atoms with Gasteiger partial charge in [-0.2, -0.15) is 0 Å². The van der Waals surface area contributed by atoms with Crippen LogP contribution in [0, 0.1) is 5.92 Å². The lowest BCUT2D eigenvalue weighted by molar-refractivity contribution is -0.150. The molecular weight excluding hydrogens is 168 g/mol. The van der Waals surface area contributed by atoms with Crippen molar-refractivity contribution in [3.05, 3.63) is 0 Å². The Morgan fingerprint density at radius 1 is 1.31 bits per heavy atom. The Kier molecular flexibility index (Phi) is 2.28. The number of esters is 1. The summed E-state index contributed by atoms with van der Waals surface area (Å²) in [5, 5.41) is 10.2. The zero-order chi connectivity index (χ0) is 9.31. The van der Waals surface area contributed by atoms with Gasteiger partial charge >= 0.3 is 5.97 Å². The fourth-order valence-corrected chi connectivity index (χ4v) is 2.50. The van der Waals surface area contributed by atoms with Crippen molar-refractivity contribution in [1.82, 2.24) is 0 Å². The topological polar surface area (TPSA) is 46.5 Å². The molecule has 1 N–H and O–H groups in total. The lowest BCUT2D eigenvalue weighted by Crippen LogP contribution is -2.42. The van der Waals surface area contributed by atoms with Crippen LogP contribution in [-0.2, 0) is 9.53 Å². The molecule has 0 amide bonds. The smallest absolute Gasteiger partial charge is 0.311 e. The second-order valence-corrected chi connectivity index (χ2v) is 4.17. The van der Waals surface area contributed by atoms with Gasteiger partial charge in [-0.1, -0.05) is 19.3 Å². The molecule has 1 atom stereocenters. The van der Waals surface area contributed by atoms with Gasteiger partial charge in [0.25, 0.3) is 0 Å². The highest BCUT2D eigenvalue weighted by Gasteiger charge is 2.45. The van der Waals surface area contributed by atoms with Crippen molar-refractivity contribution in [2.24, 2.45) is 5.92 Å². The van der Waals surface area contributed by atoms with E-state index in [-0.39, 0.29) is 11.9 Å². The zero-order valence-corrected chi connectivity index (χ0v) is 7.79. The number of ether oxygens (including phenoxy) is 1. The van der Waals surface area contributed by atoms with E-state index in [1.165, 1.54) is 6.42 Å². The fourth-order valence-electron chi connectivity index (χ4n) is 2.50. The van der Waals surface area contributed by atoms with Crippen LogP contribution >= 0.6 is 0 Å². The van der Waals surface area contributed by atoms with Gasteiger partial charge in [-0.25, -0.2) is 0 Å². The highest BCUT2D eigenvalue weighted by Crippen LogP contribution is 2.38. The molecule has 0 aromatic heterocycles. The van der Waals surface area contributed by atoms with E-state index in [4.69, 9.17) is 4.74 Å². The normalized spacial score (nSPS) is 33.0. The van der Waals surface area contributed by atoms with Crippen molar-refractivity contribution in [3.63, 3.8) is 0 Å². The number of cyclic esters (lactones) is 1. The van der Waals surface area contributed by atoms with E-state index in [2.05, 4.69) is 0 Å². The fraction of sp³-hybridized carbons (Fsp3) is 0.900. The van der Waals surface area contributed by atoms with Crippen LogP contribution in [0.5, 0.6) is 0 Å². The highest BCUT2D eigenvalue weighted by atomic mass is 16.5. The predicted octanol–water partition coefficient (Wildman–Crippen LogP) is 1.24. The first-order valence-corrected chi connectivity index (χ1v) is 5.11. The number of aliphatic hydroxyl groups is 1. The summed E-state index contributed by atoms with van der Waals surface area (Å²) >= 11 is 0. The largest absolute Gasteiger partial charge is 0.465 e. The summed E-state index contributed by atoms with van der Waals surface area (Å²) in [5.74, 6) is -0.433. The molecule has 1 heterocycles.